The van der Waals surface area contributed by atoms with Gasteiger partial charge in [0.15, 0.2) is 0 Å². The van der Waals surface area contributed by atoms with Crippen molar-refractivity contribution in [3.63, 3.8) is 0 Å². The van der Waals surface area contributed by atoms with Gasteiger partial charge in [0.2, 0.25) is 0 Å². The molecule has 2 rings (SSSR count). The molecule has 2 atom stereocenters. The molecule has 0 saturated carbocycles. The maximum absolute atomic E-state index is 12.8. The molecule has 0 radical (unpaired) electrons. The summed E-state index contributed by atoms with van der Waals surface area (Å²) < 4.78 is 10.8. The number of nitro groups is 1. The summed E-state index contributed by atoms with van der Waals surface area (Å²) in [7, 11) is 0. The first kappa shape index (κ1) is 22.4. The number of para-hydroxylation sites is 1. The molecular formula is C21H28N2O6. The van der Waals surface area contributed by atoms with Gasteiger partial charge in [0, 0.05) is 23.2 Å². The van der Waals surface area contributed by atoms with Gasteiger partial charge in [-0.05, 0) is 48.0 Å². The van der Waals surface area contributed by atoms with Crippen LogP contribution in [0.4, 0.5) is 5.69 Å². The number of hydrogen-bond acceptors (Lipinski definition) is 7. The zero-order valence-electron chi connectivity index (χ0n) is 17.6. The lowest BCUT2D eigenvalue weighted by atomic mass is 9.75. The lowest BCUT2D eigenvalue weighted by molar-refractivity contribution is -0.385. The van der Waals surface area contributed by atoms with E-state index in [9.17, 15) is 19.7 Å². The Morgan fingerprint density at radius 1 is 1.17 bits per heavy atom. The summed E-state index contributed by atoms with van der Waals surface area (Å²) in [6.07, 6.45) is -0.556. The van der Waals surface area contributed by atoms with Crippen LogP contribution in [0, 0.1) is 10.1 Å². The highest BCUT2D eigenvalue weighted by Gasteiger charge is 2.46. The zero-order chi connectivity index (χ0) is 21.9. The first-order valence-electron chi connectivity index (χ1n) is 9.60. The lowest BCUT2D eigenvalue weighted by Gasteiger charge is -2.39. The second-order valence-corrected chi connectivity index (χ2v) is 7.98. The molecule has 8 nitrogen and oxygen atoms in total. The number of hydrogen-bond donors (Lipinski definition) is 1. The summed E-state index contributed by atoms with van der Waals surface area (Å²) in [4.78, 5) is 36.7. The highest BCUT2D eigenvalue weighted by atomic mass is 16.6. The standard InChI is InChI=1S/C21H28N2O6/c1-12(2)28-19(24)18-14(5)22-21(6,20(25)29-13(3)4)11-16(18)15-9-7-8-10-17(15)23(26)27/h7-10,12-13,16,22H,11H2,1-6H3. The van der Waals surface area contributed by atoms with Crippen LogP contribution in [0.5, 0.6) is 0 Å². The number of allylic oxidation sites excluding steroid dienone is 1. The Labute approximate surface area is 170 Å². The average Bonchev–Trinajstić information content (AvgIpc) is 2.59. The fourth-order valence-electron chi connectivity index (χ4n) is 3.57. The topological polar surface area (TPSA) is 108 Å². The minimum atomic E-state index is -1.15. The molecule has 1 aliphatic rings. The summed E-state index contributed by atoms with van der Waals surface area (Å²) >= 11 is 0. The second kappa shape index (κ2) is 8.63. The van der Waals surface area contributed by atoms with Gasteiger partial charge in [-0.1, -0.05) is 18.2 Å². The number of rotatable bonds is 6. The van der Waals surface area contributed by atoms with Gasteiger partial charge in [0.25, 0.3) is 5.69 Å². The molecule has 2 unspecified atom stereocenters. The molecule has 1 N–H and O–H groups in total. The number of nitrogens with one attached hydrogen (secondary N) is 1. The van der Waals surface area contributed by atoms with Crippen molar-refractivity contribution in [3.05, 3.63) is 51.2 Å². The van der Waals surface area contributed by atoms with Crippen molar-refractivity contribution >= 4 is 17.6 Å². The normalized spacial score (nSPS) is 21.7. The molecule has 0 amide bonds. The molecular weight excluding hydrogens is 376 g/mol. The van der Waals surface area contributed by atoms with Crippen LogP contribution in [0.15, 0.2) is 35.5 Å². The maximum atomic E-state index is 12.8. The molecule has 0 bridgehead atoms. The monoisotopic (exact) mass is 404 g/mol. The third-order valence-corrected chi connectivity index (χ3v) is 4.69. The van der Waals surface area contributed by atoms with Crippen LogP contribution in [-0.4, -0.2) is 34.6 Å². The van der Waals surface area contributed by atoms with Gasteiger partial charge in [0.1, 0.15) is 5.54 Å². The summed E-state index contributed by atoms with van der Waals surface area (Å²) in [5, 5.41) is 14.7. The van der Waals surface area contributed by atoms with E-state index < -0.39 is 28.3 Å². The molecule has 158 valence electrons. The number of carbonyl (C=O) groups excluding carboxylic acids is 2. The van der Waals surface area contributed by atoms with Gasteiger partial charge >= 0.3 is 11.9 Å². The van der Waals surface area contributed by atoms with Crippen LogP contribution in [0.3, 0.4) is 0 Å². The van der Waals surface area contributed by atoms with Gasteiger partial charge in [0.05, 0.1) is 22.7 Å². The fraction of sp³-hybridized carbons (Fsp3) is 0.524. The molecule has 29 heavy (non-hydrogen) atoms. The Balaban J connectivity index is 2.61. The third-order valence-electron chi connectivity index (χ3n) is 4.69. The minimum absolute atomic E-state index is 0.110. The fourth-order valence-corrected chi connectivity index (χ4v) is 3.57. The number of benzene rings is 1. The Morgan fingerprint density at radius 2 is 1.76 bits per heavy atom. The molecule has 1 heterocycles. The van der Waals surface area contributed by atoms with Gasteiger partial charge in [-0.2, -0.15) is 0 Å². The summed E-state index contributed by atoms with van der Waals surface area (Å²) in [5.41, 5.74) is -0.181. The van der Waals surface area contributed by atoms with E-state index in [-0.39, 0.29) is 29.9 Å². The highest BCUT2D eigenvalue weighted by molar-refractivity contribution is 5.93. The van der Waals surface area contributed by atoms with Crippen LogP contribution in [-0.2, 0) is 19.1 Å². The first-order chi connectivity index (χ1) is 13.5. The van der Waals surface area contributed by atoms with Crippen molar-refractivity contribution in [2.75, 3.05) is 0 Å². The number of esters is 2. The van der Waals surface area contributed by atoms with Gasteiger partial charge in [-0.25, -0.2) is 9.59 Å². The predicted octanol–water partition coefficient (Wildman–Crippen LogP) is 3.61. The van der Waals surface area contributed by atoms with E-state index in [1.165, 1.54) is 6.07 Å². The van der Waals surface area contributed by atoms with Crippen molar-refractivity contribution in [3.8, 4) is 0 Å². The van der Waals surface area contributed by atoms with Crippen LogP contribution in [0.1, 0.15) is 59.4 Å². The lowest BCUT2D eigenvalue weighted by Crippen LogP contribution is -2.54. The van der Waals surface area contributed by atoms with E-state index >= 15 is 0 Å². The van der Waals surface area contributed by atoms with Crippen LogP contribution >= 0.6 is 0 Å². The molecule has 0 fully saturated rings. The van der Waals surface area contributed by atoms with E-state index in [0.29, 0.717) is 11.3 Å². The summed E-state index contributed by atoms with van der Waals surface area (Å²) in [6.45, 7) is 10.3. The number of nitro benzene ring substituents is 1. The molecule has 1 aromatic rings. The van der Waals surface area contributed by atoms with Gasteiger partial charge < -0.3 is 14.8 Å². The smallest absolute Gasteiger partial charge is 0.336 e. The molecule has 0 spiro atoms. The molecule has 0 saturated heterocycles. The molecule has 1 aromatic carbocycles. The summed E-state index contributed by atoms with van der Waals surface area (Å²) in [6, 6.07) is 6.24. The van der Waals surface area contributed by atoms with Crippen molar-refractivity contribution in [2.45, 2.75) is 71.6 Å². The van der Waals surface area contributed by atoms with E-state index in [1.807, 2.05) is 0 Å². The van der Waals surface area contributed by atoms with Gasteiger partial charge in [-0.15, -0.1) is 0 Å². The summed E-state index contributed by atoms with van der Waals surface area (Å²) in [5.74, 6) is -1.74. The maximum Gasteiger partial charge on any atom is 0.336 e. The van der Waals surface area contributed by atoms with E-state index in [1.54, 1.807) is 59.7 Å². The van der Waals surface area contributed by atoms with Crippen LogP contribution < -0.4 is 5.32 Å². The SMILES string of the molecule is CC1=C(C(=O)OC(C)C)C(c2ccccc2[N+](=O)[O-])CC(C)(C(=O)OC(C)C)N1. The molecule has 0 aliphatic carbocycles. The van der Waals surface area contributed by atoms with Gasteiger partial charge in [-0.3, -0.25) is 10.1 Å². The van der Waals surface area contributed by atoms with Crippen molar-refractivity contribution in [2.24, 2.45) is 0 Å². The van der Waals surface area contributed by atoms with Crippen LogP contribution in [0.2, 0.25) is 0 Å². The van der Waals surface area contributed by atoms with Crippen molar-refractivity contribution < 1.29 is 24.0 Å². The molecule has 0 aromatic heterocycles. The Morgan fingerprint density at radius 3 is 2.31 bits per heavy atom. The molecule has 1 aliphatic heterocycles. The zero-order valence-corrected chi connectivity index (χ0v) is 17.6. The first-order valence-corrected chi connectivity index (χ1v) is 9.60. The predicted molar refractivity (Wildman–Crippen MR) is 107 cm³/mol. The second-order valence-electron chi connectivity index (χ2n) is 7.98. The number of ether oxygens (including phenoxy) is 2. The van der Waals surface area contributed by atoms with Crippen molar-refractivity contribution in [1.29, 1.82) is 0 Å². The Kier molecular flexibility index (Phi) is 6.66. The van der Waals surface area contributed by atoms with Crippen molar-refractivity contribution in [1.82, 2.24) is 5.32 Å². The van der Waals surface area contributed by atoms with E-state index in [4.69, 9.17) is 9.47 Å². The number of nitrogens with zero attached hydrogens (tertiary/aromatic N) is 1. The average molecular weight is 404 g/mol. The highest BCUT2D eigenvalue weighted by Crippen LogP contribution is 2.42. The third kappa shape index (κ3) is 4.93. The van der Waals surface area contributed by atoms with Crippen LogP contribution in [0.25, 0.3) is 0 Å². The minimum Gasteiger partial charge on any atom is -0.461 e. The number of carbonyl (C=O) groups is 2. The quantitative estimate of drug-likeness (QED) is 0.438. The Bertz CT molecular complexity index is 845. The Hall–Kier alpha value is -2.90. The molecule has 8 heteroatoms. The van der Waals surface area contributed by atoms with E-state index in [2.05, 4.69) is 5.32 Å². The largest absolute Gasteiger partial charge is 0.461 e. The van der Waals surface area contributed by atoms with E-state index in [0.717, 1.165) is 0 Å².